The summed E-state index contributed by atoms with van der Waals surface area (Å²) in [4.78, 5) is 4.05. The number of fused-ring (bicyclic) bond motifs is 1. The van der Waals surface area contributed by atoms with Crippen LogP contribution in [0.4, 0.5) is 0 Å². The van der Waals surface area contributed by atoms with Crippen LogP contribution in [0.15, 0.2) is 48.8 Å². The first-order valence-corrected chi connectivity index (χ1v) is 6.04. The van der Waals surface area contributed by atoms with Crippen LogP contribution < -0.4 is 5.73 Å². The van der Waals surface area contributed by atoms with Crippen molar-refractivity contribution in [1.82, 2.24) is 4.98 Å². The summed E-state index contributed by atoms with van der Waals surface area (Å²) >= 11 is 0. The van der Waals surface area contributed by atoms with Crippen molar-refractivity contribution in [1.29, 1.82) is 0 Å². The molecule has 0 saturated heterocycles. The molecule has 2 heteroatoms. The van der Waals surface area contributed by atoms with Gasteiger partial charge in [-0.05, 0) is 48.1 Å². The quantitative estimate of drug-likeness (QED) is 0.851. The molecule has 0 radical (unpaired) electrons. The molecule has 17 heavy (non-hydrogen) atoms. The fourth-order valence-corrected chi connectivity index (χ4v) is 2.76. The van der Waals surface area contributed by atoms with Crippen LogP contribution in [0, 0.1) is 0 Å². The summed E-state index contributed by atoms with van der Waals surface area (Å²) in [5.74, 6) is 0. The van der Waals surface area contributed by atoms with E-state index in [1.807, 2.05) is 12.4 Å². The van der Waals surface area contributed by atoms with Crippen LogP contribution in [0.3, 0.4) is 0 Å². The zero-order valence-electron chi connectivity index (χ0n) is 9.76. The highest BCUT2D eigenvalue weighted by atomic mass is 14.8. The lowest BCUT2D eigenvalue weighted by molar-refractivity contribution is 0.439. The number of nitrogens with zero attached hydrogens (tertiary/aromatic N) is 1. The van der Waals surface area contributed by atoms with Crippen molar-refractivity contribution >= 4 is 0 Å². The van der Waals surface area contributed by atoms with Crippen molar-refractivity contribution in [2.24, 2.45) is 5.73 Å². The smallest absolute Gasteiger partial charge is 0.0456 e. The van der Waals surface area contributed by atoms with Gasteiger partial charge in [0, 0.05) is 17.9 Å². The van der Waals surface area contributed by atoms with Crippen LogP contribution in [0.1, 0.15) is 23.1 Å². The van der Waals surface area contributed by atoms with Gasteiger partial charge in [0.05, 0.1) is 0 Å². The third kappa shape index (κ3) is 1.85. The zero-order valence-corrected chi connectivity index (χ0v) is 9.76. The molecule has 0 bridgehead atoms. The van der Waals surface area contributed by atoms with Gasteiger partial charge in [-0.1, -0.05) is 24.3 Å². The summed E-state index contributed by atoms with van der Waals surface area (Å²) in [6, 6.07) is 12.6. The van der Waals surface area contributed by atoms with Crippen LogP contribution in [0.25, 0.3) is 0 Å². The highest BCUT2D eigenvalue weighted by Crippen LogP contribution is 2.36. The Kier molecular flexibility index (Phi) is 2.45. The van der Waals surface area contributed by atoms with E-state index in [1.165, 1.54) is 16.7 Å². The Morgan fingerprint density at radius 1 is 1.12 bits per heavy atom. The third-order valence-electron chi connectivity index (χ3n) is 3.66. The van der Waals surface area contributed by atoms with E-state index in [1.54, 1.807) is 0 Å². The van der Waals surface area contributed by atoms with E-state index >= 15 is 0 Å². The van der Waals surface area contributed by atoms with Gasteiger partial charge in [-0.15, -0.1) is 0 Å². The Morgan fingerprint density at radius 2 is 1.88 bits per heavy atom. The van der Waals surface area contributed by atoms with E-state index < -0.39 is 0 Å². The SMILES string of the molecule is NC1(Cc2ccncc2)CCc2ccccc21. The van der Waals surface area contributed by atoms with Gasteiger partial charge < -0.3 is 5.73 Å². The van der Waals surface area contributed by atoms with E-state index in [2.05, 4.69) is 41.4 Å². The molecule has 0 fully saturated rings. The molecule has 0 aliphatic heterocycles. The average molecular weight is 224 g/mol. The number of rotatable bonds is 2. The Balaban J connectivity index is 1.94. The van der Waals surface area contributed by atoms with Crippen LogP contribution in [0.2, 0.25) is 0 Å². The van der Waals surface area contributed by atoms with Gasteiger partial charge in [-0.3, -0.25) is 4.98 Å². The first-order valence-electron chi connectivity index (χ1n) is 6.04. The normalized spacial score (nSPS) is 22.4. The molecule has 1 aliphatic rings. The molecule has 2 N–H and O–H groups in total. The second-order valence-corrected chi connectivity index (χ2v) is 4.85. The van der Waals surface area contributed by atoms with Gasteiger partial charge in [0.1, 0.15) is 0 Å². The summed E-state index contributed by atoms with van der Waals surface area (Å²) in [7, 11) is 0. The van der Waals surface area contributed by atoms with Gasteiger partial charge in [0.25, 0.3) is 0 Å². The molecule has 2 nitrogen and oxygen atoms in total. The summed E-state index contributed by atoms with van der Waals surface area (Å²) < 4.78 is 0. The number of nitrogens with two attached hydrogens (primary N) is 1. The van der Waals surface area contributed by atoms with Crippen LogP contribution in [0.5, 0.6) is 0 Å². The summed E-state index contributed by atoms with van der Waals surface area (Å²) in [5, 5.41) is 0. The van der Waals surface area contributed by atoms with E-state index in [0.717, 1.165) is 19.3 Å². The lowest BCUT2D eigenvalue weighted by Gasteiger charge is -2.25. The van der Waals surface area contributed by atoms with Gasteiger partial charge in [0.2, 0.25) is 0 Å². The minimum absolute atomic E-state index is 0.196. The monoisotopic (exact) mass is 224 g/mol. The molecular formula is C15H16N2. The van der Waals surface area contributed by atoms with Crippen LogP contribution in [-0.4, -0.2) is 4.98 Å². The number of benzene rings is 1. The molecule has 2 aromatic rings. The van der Waals surface area contributed by atoms with Crippen molar-refractivity contribution in [3.63, 3.8) is 0 Å². The van der Waals surface area contributed by atoms with E-state index in [9.17, 15) is 0 Å². The van der Waals surface area contributed by atoms with Crippen molar-refractivity contribution in [3.05, 3.63) is 65.5 Å². The molecule has 1 aromatic heterocycles. The molecule has 0 spiro atoms. The fourth-order valence-electron chi connectivity index (χ4n) is 2.76. The molecule has 0 amide bonds. The first-order chi connectivity index (χ1) is 8.28. The van der Waals surface area contributed by atoms with Crippen molar-refractivity contribution < 1.29 is 0 Å². The lowest BCUT2D eigenvalue weighted by Crippen LogP contribution is -2.36. The molecular weight excluding hydrogens is 208 g/mol. The van der Waals surface area contributed by atoms with Crippen molar-refractivity contribution in [2.75, 3.05) is 0 Å². The van der Waals surface area contributed by atoms with E-state index in [0.29, 0.717) is 0 Å². The Labute approximate surface area is 102 Å². The van der Waals surface area contributed by atoms with Gasteiger partial charge in [-0.25, -0.2) is 0 Å². The highest BCUT2D eigenvalue weighted by molar-refractivity contribution is 5.39. The maximum Gasteiger partial charge on any atom is 0.0456 e. The second kappa shape index (κ2) is 3.97. The minimum atomic E-state index is -0.196. The number of hydrogen-bond acceptors (Lipinski definition) is 2. The molecule has 1 aliphatic carbocycles. The number of aryl methyl sites for hydroxylation is 1. The largest absolute Gasteiger partial charge is 0.321 e. The Hall–Kier alpha value is -1.67. The summed E-state index contributed by atoms with van der Waals surface area (Å²) in [6.45, 7) is 0. The maximum absolute atomic E-state index is 6.58. The highest BCUT2D eigenvalue weighted by Gasteiger charge is 2.34. The van der Waals surface area contributed by atoms with Gasteiger partial charge in [0.15, 0.2) is 0 Å². The summed E-state index contributed by atoms with van der Waals surface area (Å²) in [6.07, 6.45) is 6.69. The predicted octanol–water partition coefficient (Wildman–Crippen LogP) is 2.42. The molecule has 1 aromatic carbocycles. The second-order valence-electron chi connectivity index (χ2n) is 4.85. The molecule has 0 saturated carbocycles. The Bertz CT molecular complexity index is 521. The number of hydrogen-bond donors (Lipinski definition) is 1. The first kappa shape index (κ1) is 10.5. The summed E-state index contributed by atoms with van der Waals surface area (Å²) in [5.41, 5.74) is 10.4. The Morgan fingerprint density at radius 3 is 2.71 bits per heavy atom. The molecule has 3 rings (SSSR count). The van der Waals surface area contributed by atoms with E-state index in [-0.39, 0.29) is 5.54 Å². The molecule has 1 unspecified atom stereocenters. The average Bonchev–Trinajstić information content (AvgIpc) is 2.69. The lowest BCUT2D eigenvalue weighted by atomic mass is 9.86. The van der Waals surface area contributed by atoms with Crippen LogP contribution in [-0.2, 0) is 18.4 Å². The minimum Gasteiger partial charge on any atom is -0.321 e. The molecule has 1 atom stereocenters. The topological polar surface area (TPSA) is 38.9 Å². The third-order valence-corrected chi connectivity index (χ3v) is 3.66. The predicted molar refractivity (Wildman–Crippen MR) is 68.6 cm³/mol. The fraction of sp³-hybridized carbons (Fsp3) is 0.267. The van der Waals surface area contributed by atoms with E-state index in [4.69, 9.17) is 5.73 Å². The molecule has 86 valence electrons. The zero-order chi connectivity index (χ0) is 11.7. The van der Waals surface area contributed by atoms with Gasteiger partial charge in [-0.2, -0.15) is 0 Å². The molecule has 1 heterocycles. The number of pyridine rings is 1. The maximum atomic E-state index is 6.58. The van der Waals surface area contributed by atoms with Gasteiger partial charge >= 0.3 is 0 Å². The standard InChI is InChI=1S/C15H16N2/c16-15(11-12-6-9-17-10-7-12)8-5-13-3-1-2-4-14(13)15/h1-4,6-7,9-10H,5,8,11,16H2. The van der Waals surface area contributed by atoms with Crippen LogP contribution >= 0.6 is 0 Å². The van der Waals surface area contributed by atoms with Crippen molar-refractivity contribution in [2.45, 2.75) is 24.8 Å². The number of aromatic nitrogens is 1. The van der Waals surface area contributed by atoms with Crippen molar-refractivity contribution in [3.8, 4) is 0 Å².